The second kappa shape index (κ2) is 7.57. The summed E-state index contributed by atoms with van der Waals surface area (Å²) in [4.78, 5) is 25.3. The number of benzene rings is 2. The molecule has 0 aliphatic carbocycles. The van der Waals surface area contributed by atoms with Crippen LogP contribution in [0.25, 0.3) is 20.5 Å². The van der Waals surface area contributed by atoms with E-state index >= 15 is 0 Å². The normalized spacial score (nSPS) is 15.4. The first kappa shape index (κ1) is 19.9. The summed E-state index contributed by atoms with van der Waals surface area (Å²) in [6.45, 7) is 1.77. The van der Waals surface area contributed by atoms with E-state index in [0.717, 1.165) is 26.1 Å². The van der Waals surface area contributed by atoms with Crippen molar-refractivity contribution in [1.29, 1.82) is 0 Å². The van der Waals surface area contributed by atoms with Crippen LogP contribution in [0.1, 0.15) is 28.9 Å². The standard InChI is InChI=1S/C22H17N5O4S/c1-11-16(21(30)31-2)18(27-22(23-11)24-25-26-27)17-14-8-3-4-9-15(14)32-19(17)12-6-5-7-13(10-12)20(28)29/h3-10,18H,1-2H3,(H,28,29)(H,23,24,26). The first-order valence-corrected chi connectivity index (χ1v) is 10.5. The van der Waals surface area contributed by atoms with Gasteiger partial charge < -0.3 is 15.2 Å². The van der Waals surface area contributed by atoms with Crippen molar-refractivity contribution in [2.24, 2.45) is 0 Å². The lowest BCUT2D eigenvalue weighted by Crippen LogP contribution is -2.29. The molecule has 5 rings (SSSR count). The Hall–Kier alpha value is -4.05. The number of esters is 1. The largest absolute Gasteiger partial charge is 0.478 e. The number of carboxylic acid groups (broad SMARTS) is 1. The van der Waals surface area contributed by atoms with Gasteiger partial charge in [0.1, 0.15) is 6.04 Å². The van der Waals surface area contributed by atoms with Crippen LogP contribution >= 0.6 is 11.3 Å². The maximum absolute atomic E-state index is 12.9. The summed E-state index contributed by atoms with van der Waals surface area (Å²) in [5.74, 6) is -1.10. The van der Waals surface area contributed by atoms with Gasteiger partial charge >= 0.3 is 11.9 Å². The number of hydrogen-bond donors (Lipinski definition) is 2. The fourth-order valence-corrected chi connectivity index (χ4v) is 5.23. The van der Waals surface area contributed by atoms with E-state index in [4.69, 9.17) is 4.74 Å². The zero-order valence-corrected chi connectivity index (χ0v) is 17.9. The number of aromatic carboxylic acids is 1. The Morgan fingerprint density at radius 2 is 2.00 bits per heavy atom. The Morgan fingerprint density at radius 3 is 2.78 bits per heavy atom. The number of carbonyl (C=O) groups is 2. The van der Waals surface area contributed by atoms with Crippen molar-refractivity contribution in [2.45, 2.75) is 13.0 Å². The predicted octanol–water partition coefficient (Wildman–Crippen LogP) is 3.71. The minimum absolute atomic E-state index is 0.180. The molecule has 0 radical (unpaired) electrons. The fraction of sp³-hybridized carbons (Fsp3) is 0.136. The van der Waals surface area contributed by atoms with Crippen molar-refractivity contribution < 1.29 is 19.4 Å². The highest BCUT2D eigenvalue weighted by atomic mass is 32.1. The molecule has 2 aromatic carbocycles. The topological polar surface area (TPSA) is 119 Å². The highest BCUT2D eigenvalue weighted by molar-refractivity contribution is 7.22. The van der Waals surface area contributed by atoms with Crippen molar-refractivity contribution in [3.05, 3.63) is 70.9 Å². The van der Waals surface area contributed by atoms with Crippen LogP contribution in [-0.4, -0.2) is 44.4 Å². The third-order valence-corrected chi connectivity index (χ3v) is 6.63. The molecular formula is C22H17N5O4S. The second-order valence-electron chi connectivity index (χ2n) is 7.23. The maximum atomic E-state index is 12.9. The minimum atomic E-state index is -1.01. The molecule has 0 amide bonds. The summed E-state index contributed by atoms with van der Waals surface area (Å²) < 4.78 is 7.64. The molecule has 0 fully saturated rings. The molecule has 0 saturated carbocycles. The molecule has 32 heavy (non-hydrogen) atoms. The Bertz CT molecular complexity index is 1420. The molecular weight excluding hydrogens is 430 g/mol. The van der Waals surface area contributed by atoms with Crippen molar-refractivity contribution >= 4 is 39.3 Å². The smallest absolute Gasteiger partial charge is 0.338 e. The number of methoxy groups -OCH3 is 1. The van der Waals surface area contributed by atoms with Gasteiger partial charge in [-0.05, 0) is 46.5 Å². The van der Waals surface area contributed by atoms with Crippen LogP contribution in [0.3, 0.4) is 0 Å². The van der Waals surface area contributed by atoms with Crippen LogP contribution in [0, 0.1) is 0 Å². The van der Waals surface area contributed by atoms with Crippen molar-refractivity contribution in [2.75, 3.05) is 12.4 Å². The van der Waals surface area contributed by atoms with Crippen LogP contribution < -0.4 is 5.32 Å². The molecule has 4 aromatic rings. The number of carbonyl (C=O) groups excluding carboxylic acids is 1. The third-order valence-electron chi connectivity index (χ3n) is 5.40. The Labute approximate surface area is 185 Å². The van der Waals surface area contributed by atoms with Crippen LogP contribution in [0.2, 0.25) is 0 Å². The Morgan fingerprint density at radius 1 is 1.19 bits per heavy atom. The van der Waals surface area contributed by atoms with Gasteiger partial charge in [-0.25, -0.2) is 9.59 Å². The third kappa shape index (κ3) is 3.04. The zero-order valence-electron chi connectivity index (χ0n) is 17.1. The zero-order chi connectivity index (χ0) is 22.4. The van der Waals surface area contributed by atoms with E-state index in [1.54, 1.807) is 29.8 Å². The molecule has 0 saturated heterocycles. The summed E-state index contributed by atoms with van der Waals surface area (Å²) in [7, 11) is 1.33. The summed E-state index contributed by atoms with van der Waals surface area (Å²) in [5.41, 5.74) is 2.69. The lowest BCUT2D eigenvalue weighted by atomic mass is 9.91. The number of rotatable bonds is 4. The van der Waals surface area contributed by atoms with Gasteiger partial charge in [-0.15, -0.1) is 11.3 Å². The number of fused-ring (bicyclic) bond motifs is 2. The molecule has 1 atom stereocenters. The molecule has 0 bridgehead atoms. The summed E-state index contributed by atoms with van der Waals surface area (Å²) in [6.07, 6.45) is 0. The van der Waals surface area contributed by atoms with Gasteiger partial charge in [0.25, 0.3) is 0 Å². The lowest BCUT2D eigenvalue weighted by Gasteiger charge is -2.27. The van der Waals surface area contributed by atoms with Crippen LogP contribution in [-0.2, 0) is 9.53 Å². The van der Waals surface area contributed by atoms with Crippen LogP contribution in [0.4, 0.5) is 5.95 Å². The van der Waals surface area contributed by atoms with E-state index in [-0.39, 0.29) is 5.56 Å². The Balaban J connectivity index is 1.84. The quantitative estimate of drug-likeness (QED) is 0.455. The number of hydrogen-bond acceptors (Lipinski definition) is 8. The number of aromatic nitrogens is 4. The number of carboxylic acids is 1. The molecule has 3 heterocycles. The van der Waals surface area contributed by atoms with Gasteiger partial charge in [0.05, 0.1) is 18.2 Å². The van der Waals surface area contributed by atoms with E-state index in [2.05, 4.69) is 20.8 Å². The van der Waals surface area contributed by atoms with Gasteiger partial charge in [0.15, 0.2) is 0 Å². The van der Waals surface area contributed by atoms with E-state index < -0.39 is 18.0 Å². The summed E-state index contributed by atoms with van der Waals surface area (Å²) in [6, 6.07) is 13.9. The average molecular weight is 447 g/mol. The van der Waals surface area contributed by atoms with Gasteiger partial charge in [0, 0.05) is 20.8 Å². The highest BCUT2D eigenvalue weighted by Crippen LogP contribution is 2.47. The highest BCUT2D eigenvalue weighted by Gasteiger charge is 2.38. The number of tetrazole rings is 1. The predicted molar refractivity (Wildman–Crippen MR) is 119 cm³/mol. The Kier molecular flexibility index (Phi) is 4.71. The monoisotopic (exact) mass is 447 g/mol. The molecule has 2 N–H and O–H groups in total. The van der Waals surface area contributed by atoms with Gasteiger partial charge in [-0.1, -0.05) is 35.4 Å². The molecule has 1 aliphatic heterocycles. The fourth-order valence-electron chi connectivity index (χ4n) is 4.00. The molecule has 10 heteroatoms. The van der Waals surface area contributed by atoms with Gasteiger partial charge in [0.2, 0.25) is 5.95 Å². The van der Waals surface area contributed by atoms with Crippen molar-refractivity contribution in [1.82, 2.24) is 20.2 Å². The number of nitrogens with zero attached hydrogens (tertiary/aromatic N) is 4. The second-order valence-corrected chi connectivity index (χ2v) is 8.28. The van der Waals surface area contributed by atoms with Crippen molar-refractivity contribution in [3.63, 3.8) is 0 Å². The molecule has 0 spiro atoms. The SMILES string of the molecule is COC(=O)C1=C(C)Nc2nnnn2C1c1c(-c2cccc(C(=O)O)c2)sc2ccccc12. The molecule has 1 aliphatic rings. The number of nitrogens with one attached hydrogen (secondary N) is 1. The summed E-state index contributed by atoms with van der Waals surface area (Å²) >= 11 is 1.52. The molecule has 9 nitrogen and oxygen atoms in total. The molecule has 2 aromatic heterocycles. The molecule has 1 unspecified atom stereocenters. The van der Waals surface area contributed by atoms with Gasteiger partial charge in [-0.3, -0.25) is 0 Å². The van der Waals surface area contributed by atoms with E-state index in [9.17, 15) is 14.7 Å². The van der Waals surface area contributed by atoms with E-state index in [1.165, 1.54) is 18.4 Å². The first-order chi connectivity index (χ1) is 15.5. The number of anilines is 1. The van der Waals surface area contributed by atoms with Gasteiger partial charge in [-0.2, -0.15) is 4.68 Å². The number of thiophene rings is 1. The first-order valence-electron chi connectivity index (χ1n) is 9.68. The van der Waals surface area contributed by atoms with E-state index in [0.29, 0.717) is 17.2 Å². The number of ether oxygens (including phenoxy) is 1. The summed E-state index contributed by atoms with van der Waals surface area (Å²) in [5, 5.41) is 25.4. The molecule has 160 valence electrons. The van der Waals surface area contributed by atoms with Crippen LogP contribution in [0.15, 0.2) is 59.8 Å². The average Bonchev–Trinajstić information content (AvgIpc) is 3.42. The van der Waals surface area contributed by atoms with Crippen molar-refractivity contribution in [3.8, 4) is 10.4 Å². The van der Waals surface area contributed by atoms with Crippen LogP contribution in [0.5, 0.6) is 0 Å². The van der Waals surface area contributed by atoms with E-state index in [1.807, 2.05) is 30.3 Å². The minimum Gasteiger partial charge on any atom is -0.478 e. The lowest BCUT2D eigenvalue weighted by molar-refractivity contribution is -0.136. The number of allylic oxidation sites excluding steroid dienone is 1. The maximum Gasteiger partial charge on any atom is 0.338 e.